The summed E-state index contributed by atoms with van der Waals surface area (Å²) >= 11 is 0. The van der Waals surface area contributed by atoms with E-state index in [-0.39, 0.29) is 5.79 Å². The predicted octanol–water partition coefficient (Wildman–Crippen LogP) is 5.55. The van der Waals surface area contributed by atoms with Gasteiger partial charge in [-0.2, -0.15) is 0 Å². The lowest BCUT2D eigenvalue weighted by Gasteiger charge is -2.41. The van der Waals surface area contributed by atoms with Crippen LogP contribution in [0.15, 0.2) is 0 Å². The Morgan fingerprint density at radius 3 is 2.05 bits per heavy atom. The molecule has 1 saturated carbocycles. The standard InChI is InChI=1S/C18H36O2/c1-5-6-7-8-9-10-13-16(2)18(19-3,20-4)17-14-11-12-15-17/h16-17H,5-15H2,1-4H3. The topological polar surface area (TPSA) is 18.5 Å². The molecule has 20 heavy (non-hydrogen) atoms. The Morgan fingerprint density at radius 2 is 1.50 bits per heavy atom. The molecular weight excluding hydrogens is 248 g/mol. The van der Waals surface area contributed by atoms with Crippen molar-refractivity contribution in [1.29, 1.82) is 0 Å². The summed E-state index contributed by atoms with van der Waals surface area (Å²) in [6.07, 6.45) is 14.6. The van der Waals surface area contributed by atoms with Crippen molar-refractivity contribution in [3.05, 3.63) is 0 Å². The molecule has 2 heteroatoms. The molecule has 0 aromatic carbocycles. The lowest BCUT2D eigenvalue weighted by atomic mass is 9.83. The summed E-state index contributed by atoms with van der Waals surface area (Å²) < 4.78 is 11.8. The molecular formula is C18H36O2. The highest BCUT2D eigenvalue weighted by molar-refractivity contribution is 4.87. The van der Waals surface area contributed by atoms with Crippen molar-refractivity contribution in [1.82, 2.24) is 0 Å². The highest BCUT2D eigenvalue weighted by atomic mass is 16.7. The molecule has 1 unspecified atom stereocenters. The molecule has 0 saturated heterocycles. The molecule has 2 nitrogen and oxygen atoms in total. The number of hydrogen-bond donors (Lipinski definition) is 0. The van der Waals surface area contributed by atoms with Crippen molar-refractivity contribution < 1.29 is 9.47 Å². The van der Waals surface area contributed by atoms with Gasteiger partial charge in [-0.3, -0.25) is 0 Å². The van der Waals surface area contributed by atoms with E-state index in [1.165, 1.54) is 70.6 Å². The molecule has 1 rings (SSSR count). The zero-order valence-electron chi connectivity index (χ0n) is 14.2. The van der Waals surface area contributed by atoms with Crippen LogP contribution in [0.1, 0.15) is 84.5 Å². The van der Waals surface area contributed by atoms with Gasteiger partial charge in [0.15, 0.2) is 5.79 Å². The lowest BCUT2D eigenvalue weighted by Crippen LogP contribution is -2.47. The first-order valence-corrected chi connectivity index (χ1v) is 8.81. The molecule has 0 N–H and O–H groups in total. The Morgan fingerprint density at radius 1 is 0.950 bits per heavy atom. The number of methoxy groups -OCH3 is 2. The van der Waals surface area contributed by atoms with Crippen LogP contribution in [0, 0.1) is 11.8 Å². The molecule has 120 valence electrons. The van der Waals surface area contributed by atoms with Crippen LogP contribution < -0.4 is 0 Å². The second-order valence-electron chi connectivity index (χ2n) is 6.57. The molecule has 0 bridgehead atoms. The minimum atomic E-state index is -0.333. The third-order valence-electron chi connectivity index (χ3n) is 5.24. The Kier molecular flexibility index (Phi) is 8.79. The molecule has 1 aliphatic carbocycles. The Balaban J connectivity index is 2.37. The second-order valence-corrected chi connectivity index (χ2v) is 6.57. The fraction of sp³-hybridized carbons (Fsp3) is 1.00. The smallest absolute Gasteiger partial charge is 0.172 e. The molecule has 0 aliphatic heterocycles. The largest absolute Gasteiger partial charge is 0.353 e. The van der Waals surface area contributed by atoms with E-state index in [9.17, 15) is 0 Å². The summed E-state index contributed by atoms with van der Waals surface area (Å²) in [6, 6.07) is 0. The fourth-order valence-corrected chi connectivity index (χ4v) is 3.98. The molecule has 0 aromatic rings. The van der Waals surface area contributed by atoms with E-state index >= 15 is 0 Å². The average Bonchev–Trinajstić information content (AvgIpc) is 2.99. The van der Waals surface area contributed by atoms with Crippen LogP contribution in [-0.2, 0) is 9.47 Å². The zero-order chi connectivity index (χ0) is 14.8. The van der Waals surface area contributed by atoms with Gasteiger partial charge in [-0.05, 0) is 19.3 Å². The minimum absolute atomic E-state index is 0.333. The van der Waals surface area contributed by atoms with Crippen molar-refractivity contribution >= 4 is 0 Å². The van der Waals surface area contributed by atoms with Crippen LogP contribution in [0.5, 0.6) is 0 Å². The van der Waals surface area contributed by atoms with E-state index in [4.69, 9.17) is 9.47 Å². The van der Waals surface area contributed by atoms with Crippen molar-refractivity contribution in [2.75, 3.05) is 14.2 Å². The average molecular weight is 284 g/mol. The molecule has 1 atom stereocenters. The first-order chi connectivity index (χ1) is 9.71. The Bertz CT molecular complexity index is 230. The quantitative estimate of drug-likeness (QED) is 0.366. The van der Waals surface area contributed by atoms with E-state index < -0.39 is 0 Å². The summed E-state index contributed by atoms with van der Waals surface area (Å²) in [4.78, 5) is 0. The van der Waals surface area contributed by atoms with Crippen LogP contribution >= 0.6 is 0 Å². The van der Waals surface area contributed by atoms with E-state index in [1.54, 1.807) is 0 Å². The predicted molar refractivity (Wildman–Crippen MR) is 85.9 cm³/mol. The van der Waals surface area contributed by atoms with Crippen LogP contribution in [0.2, 0.25) is 0 Å². The van der Waals surface area contributed by atoms with Gasteiger partial charge in [-0.25, -0.2) is 0 Å². The third kappa shape index (κ3) is 4.73. The molecule has 1 aliphatic rings. The highest BCUT2D eigenvalue weighted by Gasteiger charge is 2.44. The normalized spacial score (nSPS) is 18.6. The minimum Gasteiger partial charge on any atom is -0.353 e. The monoisotopic (exact) mass is 284 g/mol. The summed E-state index contributed by atoms with van der Waals surface area (Å²) in [5.74, 6) is 0.749. The van der Waals surface area contributed by atoms with Gasteiger partial charge in [0.05, 0.1) is 0 Å². The van der Waals surface area contributed by atoms with E-state index in [1.807, 2.05) is 14.2 Å². The highest BCUT2D eigenvalue weighted by Crippen LogP contribution is 2.42. The van der Waals surface area contributed by atoms with Crippen molar-refractivity contribution in [2.45, 2.75) is 90.3 Å². The molecule has 0 amide bonds. The molecule has 0 aromatic heterocycles. The number of rotatable bonds is 11. The summed E-state index contributed by atoms with van der Waals surface area (Å²) in [5, 5.41) is 0. The first-order valence-electron chi connectivity index (χ1n) is 8.81. The van der Waals surface area contributed by atoms with Gasteiger partial charge < -0.3 is 9.47 Å². The van der Waals surface area contributed by atoms with Gasteiger partial charge in [0.25, 0.3) is 0 Å². The van der Waals surface area contributed by atoms with Crippen LogP contribution in [-0.4, -0.2) is 20.0 Å². The van der Waals surface area contributed by atoms with Gasteiger partial charge in [-0.1, -0.05) is 65.2 Å². The Labute approximate surface area is 126 Å². The SMILES string of the molecule is CCCCCCCCC(C)C(OC)(OC)C1CCCC1. The molecule has 0 spiro atoms. The summed E-state index contributed by atoms with van der Waals surface area (Å²) in [5.41, 5.74) is 0. The maximum absolute atomic E-state index is 5.91. The summed E-state index contributed by atoms with van der Waals surface area (Å²) in [7, 11) is 3.67. The molecule has 0 heterocycles. The van der Waals surface area contributed by atoms with Crippen molar-refractivity contribution in [2.24, 2.45) is 11.8 Å². The number of hydrogen-bond acceptors (Lipinski definition) is 2. The Hall–Kier alpha value is -0.0800. The van der Waals surface area contributed by atoms with E-state index in [0.717, 1.165) is 0 Å². The molecule has 0 radical (unpaired) electrons. The van der Waals surface area contributed by atoms with Crippen LogP contribution in [0.3, 0.4) is 0 Å². The van der Waals surface area contributed by atoms with Crippen LogP contribution in [0.25, 0.3) is 0 Å². The number of unbranched alkanes of at least 4 members (excludes halogenated alkanes) is 5. The van der Waals surface area contributed by atoms with Gasteiger partial charge >= 0.3 is 0 Å². The van der Waals surface area contributed by atoms with E-state index in [0.29, 0.717) is 11.8 Å². The van der Waals surface area contributed by atoms with Crippen LogP contribution in [0.4, 0.5) is 0 Å². The maximum Gasteiger partial charge on any atom is 0.172 e. The van der Waals surface area contributed by atoms with Gasteiger partial charge in [-0.15, -0.1) is 0 Å². The number of ether oxygens (including phenoxy) is 2. The van der Waals surface area contributed by atoms with E-state index in [2.05, 4.69) is 13.8 Å². The second kappa shape index (κ2) is 9.78. The van der Waals surface area contributed by atoms with Crippen molar-refractivity contribution in [3.63, 3.8) is 0 Å². The van der Waals surface area contributed by atoms with Crippen molar-refractivity contribution in [3.8, 4) is 0 Å². The fourth-order valence-electron chi connectivity index (χ4n) is 3.98. The lowest BCUT2D eigenvalue weighted by molar-refractivity contribution is -0.268. The van der Waals surface area contributed by atoms with Gasteiger partial charge in [0.1, 0.15) is 0 Å². The maximum atomic E-state index is 5.91. The molecule has 1 fully saturated rings. The summed E-state index contributed by atoms with van der Waals surface area (Å²) in [6.45, 7) is 4.59. The van der Waals surface area contributed by atoms with Gasteiger partial charge in [0.2, 0.25) is 0 Å². The first kappa shape index (κ1) is 18.0. The zero-order valence-corrected chi connectivity index (χ0v) is 14.2. The third-order valence-corrected chi connectivity index (χ3v) is 5.24. The van der Waals surface area contributed by atoms with Gasteiger partial charge in [0, 0.05) is 26.1 Å².